The van der Waals surface area contributed by atoms with Crippen LogP contribution in [0.1, 0.15) is 31.9 Å². The number of nitrogens with zero attached hydrogens (tertiary/aromatic N) is 1. The second-order valence-corrected chi connectivity index (χ2v) is 7.94. The van der Waals surface area contributed by atoms with E-state index in [9.17, 15) is 0 Å². The summed E-state index contributed by atoms with van der Waals surface area (Å²) in [6, 6.07) is 14.4. The molecule has 0 heterocycles. The molecular formula is C21H25Cl2NS. The van der Waals surface area contributed by atoms with Gasteiger partial charge in [0.25, 0.3) is 0 Å². The van der Waals surface area contributed by atoms with Gasteiger partial charge in [0, 0.05) is 27.2 Å². The fourth-order valence-electron chi connectivity index (χ4n) is 2.59. The number of rotatable bonds is 8. The van der Waals surface area contributed by atoms with Crippen molar-refractivity contribution in [3.8, 4) is 0 Å². The third-order valence-electron chi connectivity index (χ3n) is 4.07. The van der Waals surface area contributed by atoms with Crippen LogP contribution in [0.5, 0.6) is 0 Å². The van der Waals surface area contributed by atoms with Crippen molar-refractivity contribution in [1.82, 2.24) is 4.90 Å². The molecule has 0 radical (unpaired) electrons. The van der Waals surface area contributed by atoms with Crippen molar-refractivity contribution < 1.29 is 0 Å². The van der Waals surface area contributed by atoms with Crippen LogP contribution >= 0.6 is 35.0 Å². The van der Waals surface area contributed by atoms with Crippen LogP contribution in [0.2, 0.25) is 10.0 Å². The van der Waals surface area contributed by atoms with Crippen LogP contribution in [0.15, 0.2) is 52.9 Å². The second kappa shape index (κ2) is 10.3. The Kier molecular flexibility index (Phi) is 8.38. The minimum Gasteiger partial charge on any atom is -0.300 e. The fourth-order valence-corrected chi connectivity index (χ4v) is 4.05. The fraction of sp³-hybridized carbons (Fsp3) is 0.333. The number of hydrogen-bond donors (Lipinski definition) is 0. The summed E-state index contributed by atoms with van der Waals surface area (Å²) in [6.07, 6.45) is 2.27. The molecule has 2 rings (SSSR count). The predicted molar refractivity (Wildman–Crippen MR) is 114 cm³/mol. The molecule has 0 unspecified atom stereocenters. The van der Waals surface area contributed by atoms with Gasteiger partial charge in [-0.1, -0.05) is 66.9 Å². The molecule has 4 heteroatoms. The van der Waals surface area contributed by atoms with E-state index < -0.39 is 0 Å². The Morgan fingerprint density at radius 2 is 1.72 bits per heavy atom. The topological polar surface area (TPSA) is 3.24 Å². The van der Waals surface area contributed by atoms with Crippen LogP contribution in [0, 0.1) is 0 Å². The highest BCUT2D eigenvalue weighted by Crippen LogP contribution is 2.28. The summed E-state index contributed by atoms with van der Waals surface area (Å²) in [5.74, 6) is 0.839. The maximum Gasteiger partial charge on any atom is 0.0461 e. The highest BCUT2D eigenvalue weighted by Gasteiger charge is 2.03. The van der Waals surface area contributed by atoms with E-state index in [1.54, 1.807) is 17.8 Å². The maximum absolute atomic E-state index is 6.23. The lowest BCUT2D eigenvalue weighted by Gasteiger charge is -2.18. The van der Waals surface area contributed by atoms with Gasteiger partial charge in [-0.2, -0.15) is 0 Å². The van der Waals surface area contributed by atoms with Crippen molar-refractivity contribution in [2.45, 2.75) is 31.4 Å². The lowest BCUT2D eigenvalue weighted by molar-refractivity contribution is 0.330. The van der Waals surface area contributed by atoms with Crippen LogP contribution in [0.4, 0.5) is 0 Å². The lowest BCUT2D eigenvalue weighted by Crippen LogP contribution is -2.24. The highest BCUT2D eigenvalue weighted by atomic mass is 35.5. The van der Waals surface area contributed by atoms with E-state index in [1.807, 2.05) is 12.1 Å². The minimum absolute atomic E-state index is 0.676. The van der Waals surface area contributed by atoms with Gasteiger partial charge in [0.1, 0.15) is 0 Å². The van der Waals surface area contributed by atoms with Crippen LogP contribution in [0.3, 0.4) is 0 Å². The van der Waals surface area contributed by atoms with E-state index in [4.69, 9.17) is 23.2 Å². The molecule has 0 spiro atoms. The van der Waals surface area contributed by atoms with Crippen molar-refractivity contribution in [1.29, 1.82) is 0 Å². The summed E-state index contributed by atoms with van der Waals surface area (Å²) < 4.78 is 0. The zero-order valence-electron chi connectivity index (χ0n) is 15.1. The summed E-state index contributed by atoms with van der Waals surface area (Å²) in [4.78, 5) is 3.66. The van der Waals surface area contributed by atoms with Gasteiger partial charge in [0.05, 0.1) is 0 Å². The molecule has 2 aromatic carbocycles. The third kappa shape index (κ3) is 6.71. The van der Waals surface area contributed by atoms with Gasteiger partial charge in [-0.25, -0.2) is 0 Å². The average molecular weight is 394 g/mol. The number of likely N-dealkylation sites (N-methyl/N-ethyl adjacent to an activating group) is 1. The average Bonchev–Trinajstić information content (AvgIpc) is 2.60. The summed E-state index contributed by atoms with van der Waals surface area (Å²) in [7, 11) is 0. The molecule has 0 aromatic heterocycles. The molecule has 0 N–H and O–H groups in total. The molecule has 0 aliphatic heterocycles. The minimum atomic E-state index is 0.676. The second-order valence-electron chi connectivity index (χ2n) is 6.05. The molecule has 2 aromatic rings. The molecule has 134 valence electrons. The molecule has 25 heavy (non-hydrogen) atoms. The molecule has 0 bridgehead atoms. The Labute approximate surface area is 166 Å². The summed E-state index contributed by atoms with van der Waals surface area (Å²) >= 11 is 14.0. The molecule has 0 aliphatic carbocycles. The van der Waals surface area contributed by atoms with Gasteiger partial charge in [0.15, 0.2) is 0 Å². The largest absolute Gasteiger partial charge is 0.300 e. The Morgan fingerprint density at radius 1 is 1.04 bits per heavy atom. The van der Waals surface area contributed by atoms with E-state index in [2.05, 4.69) is 56.0 Å². The van der Waals surface area contributed by atoms with Crippen LogP contribution in [-0.2, 0) is 5.75 Å². The quantitative estimate of drug-likeness (QED) is 0.442. The van der Waals surface area contributed by atoms with Crippen molar-refractivity contribution in [2.24, 2.45) is 0 Å². The standard InChI is InChI=1S/C21H25Cl2NS/c1-4-24(5-2)14-16(3)12-17-6-10-20(11-7-17)25-15-18-8-9-19(22)13-21(18)23/h6-13H,4-5,14-15H2,1-3H3. The van der Waals surface area contributed by atoms with E-state index in [-0.39, 0.29) is 0 Å². The van der Waals surface area contributed by atoms with Crippen LogP contribution < -0.4 is 0 Å². The van der Waals surface area contributed by atoms with E-state index in [0.29, 0.717) is 5.02 Å². The SMILES string of the molecule is CCN(CC)CC(C)=Cc1ccc(SCc2ccc(Cl)cc2Cl)cc1. The normalized spacial score (nSPS) is 12.0. The molecule has 0 aliphatic rings. The number of thioether (sulfide) groups is 1. The first-order valence-corrected chi connectivity index (χ1v) is 10.3. The van der Waals surface area contributed by atoms with Crippen molar-refractivity contribution in [3.63, 3.8) is 0 Å². The molecule has 0 amide bonds. The molecule has 0 saturated carbocycles. The van der Waals surface area contributed by atoms with Crippen molar-refractivity contribution in [3.05, 3.63) is 69.2 Å². The number of hydrogen-bond acceptors (Lipinski definition) is 2. The summed E-state index contributed by atoms with van der Waals surface area (Å²) in [5, 5.41) is 1.40. The molecule has 0 atom stereocenters. The highest BCUT2D eigenvalue weighted by molar-refractivity contribution is 7.98. The third-order valence-corrected chi connectivity index (χ3v) is 5.72. The molecule has 0 saturated heterocycles. The Hall–Kier alpha value is -0.930. The molecule has 1 nitrogen and oxygen atoms in total. The maximum atomic E-state index is 6.23. The predicted octanol–water partition coefficient (Wildman–Crippen LogP) is 7.03. The zero-order chi connectivity index (χ0) is 18.2. The van der Waals surface area contributed by atoms with E-state index >= 15 is 0 Å². The van der Waals surface area contributed by atoms with Crippen molar-refractivity contribution in [2.75, 3.05) is 19.6 Å². The Bertz CT molecular complexity index is 706. The number of benzene rings is 2. The first-order valence-electron chi connectivity index (χ1n) is 8.58. The van der Waals surface area contributed by atoms with Gasteiger partial charge >= 0.3 is 0 Å². The van der Waals surface area contributed by atoms with Crippen LogP contribution in [-0.4, -0.2) is 24.5 Å². The Balaban J connectivity index is 1.95. The smallest absolute Gasteiger partial charge is 0.0461 e. The summed E-state index contributed by atoms with van der Waals surface area (Å²) in [5.41, 5.74) is 3.74. The monoisotopic (exact) mass is 393 g/mol. The molecule has 0 fully saturated rings. The first-order chi connectivity index (χ1) is 12.0. The zero-order valence-corrected chi connectivity index (χ0v) is 17.4. The Morgan fingerprint density at radius 3 is 2.32 bits per heavy atom. The van der Waals surface area contributed by atoms with Gasteiger partial charge in [-0.3, -0.25) is 4.90 Å². The summed E-state index contributed by atoms with van der Waals surface area (Å²) in [6.45, 7) is 9.81. The van der Waals surface area contributed by atoms with Gasteiger partial charge < -0.3 is 0 Å². The van der Waals surface area contributed by atoms with Crippen LogP contribution in [0.25, 0.3) is 6.08 Å². The van der Waals surface area contributed by atoms with E-state index in [0.717, 1.165) is 36.0 Å². The van der Waals surface area contributed by atoms with Crippen molar-refractivity contribution >= 4 is 41.0 Å². The molecular weight excluding hydrogens is 369 g/mol. The lowest BCUT2D eigenvalue weighted by atomic mass is 10.1. The van der Waals surface area contributed by atoms with Gasteiger partial charge in [0.2, 0.25) is 0 Å². The van der Waals surface area contributed by atoms with Gasteiger partial charge in [-0.05, 0) is 55.4 Å². The van der Waals surface area contributed by atoms with Gasteiger partial charge in [-0.15, -0.1) is 11.8 Å². The number of halogens is 2. The first kappa shape index (κ1) is 20.4. The van der Waals surface area contributed by atoms with E-state index in [1.165, 1.54) is 16.0 Å².